The topological polar surface area (TPSA) is 186 Å². The number of hydrogen-bond donors (Lipinski definition) is 0. The van der Waals surface area contributed by atoms with Crippen molar-refractivity contribution in [3.8, 4) is 62.5 Å². The van der Waals surface area contributed by atoms with Gasteiger partial charge < -0.3 is 18.9 Å². The fraction of sp³-hybridized carbons (Fsp3) is 0.125. The Bertz CT molecular complexity index is 5650. The minimum absolute atomic E-state index is 0.0237. The molecule has 0 saturated carbocycles. The van der Waals surface area contributed by atoms with Gasteiger partial charge in [0.2, 0.25) is 5.41 Å². The number of imide groups is 4. The van der Waals surface area contributed by atoms with E-state index in [1.165, 1.54) is 97.1 Å². The van der Waals surface area contributed by atoms with Gasteiger partial charge in [-0.3, -0.25) is 43.3 Å². The van der Waals surface area contributed by atoms with Crippen LogP contribution >= 0.6 is 0 Å². The first kappa shape index (κ1) is 77.2. The van der Waals surface area contributed by atoms with Gasteiger partial charge in [0, 0.05) is 30.2 Å². The van der Waals surface area contributed by atoms with E-state index in [1.807, 2.05) is 0 Å². The molecule has 0 saturated heterocycles. The van der Waals surface area contributed by atoms with Crippen molar-refractivity contribution >= 4 is 64.3 Å². The third kappa shape index (κ3) is 13.8. The quantitative estimate of drug-likeness (QED) is 0.0659. The van der Waals surface area contributed by atoms with Crippen LogP contribution in [0.3, 0.4) is 0 Å². The van der Waals surface area contributed by atoms with Crippen molar-refractivity contribution < 1.29 is 136 Å². The molecule has 16 nitrogen and oxygen atoms in total. The summed E-state index contributed by atoms with van der Waals surface area (Å²) in [5, 5.41) is 0. The van der Waals surface area contributed by atoms with Gasteiger partial charge in [-0.1, -0.05) is 73.7 Å². The maximum absolute atomic E-state index is 15.9. The molecule has 14 rings (SSSR count). The molecule has 9 aromatic carbocycles. The highest BCUT2D eigenvalue weighted by molar-refractivity contribution is 6.35. The lowest BCUT2D eigenvalue weighted by Crippen LogP contribution is -2.55. The van der Waals surface area contributed by atoms with Gasteiger partial charge in [0.25, 0.3) is 47.3 Å². The van der Waals surface area contributed by atoms with Crippen molar-refractivity contribution in [2.45, 2.75) is 55.4 Å². The monoisotopic (exact) mass is 1590 g/mol. The fourth-order valence-electron chi connectivity index (χ4n) is 13.7. The zero-order valence-electron chi connectivity index (χ0n) is 57.0. The van der Waals surface area contributed by atoms with Crippen LogP contribution in [0.4, 0.5) is 96.1 Å². The molecule has 9 aromatic rings. The number of hydrogen-bond acceptors (Lipinski definition) is 12. The summed E-state index contributed by atoms with van der Waals surface area (Å²) >= 11 is 0. The molecule has 114 heavy (non-hydrogen) atoms. The van der Waals surface area contributed by atoms with Crippen molar-refractivity contribution in [1.29, 1.82) is 0 Å². The Morgan fingerprint density at radius 3 is 0.947 bits per heavy atom. The normalized spacial score (nSPS) is 16.8. The second kappa shape index (κ2) is 27.7. The van der Waals surface area contributed by atoms with Gasteiger partial charge in [-0.25, -0.2) is 14.7 Å². The molecule has 2 atom stereocenters. The Morgan fingerprint density at radius 1 is 0.307 bits per heavy atom. The van der Waals surface area contributed by atoms with E-state index < -0.39 is 186 Å². The number of rotatable bonds is 16. The number of amides is 8. The number of benzene rings is 9. The predicted octanol–water partition coefficient (Wildman–Crippen LogP) is 19.6. The lowest BCUT2D eigenvalue weighted by molar-refractivity contribution is -0.288. The Balaban J connectivity index is 0.665. The molecule has 34 heteroatoms. The number of anilines is 3. The summed E-state index contributed by atoms with van der Waals surface area (Å²) in [6.07, 6.45) is -28.6. The van der Waals surface area contributed by atoms with E-state index >= 15 is 39.5 Å². The standard InChI is InChI=1S/C80H42F18N4O12/c1-39-60(25-29-64(69(39)78(90,91)92)114-52-21-8-43(9-22-52)42-6-17-50(18-7-42)112-62-27-13-47(37-58(62)76(84,85)86)100-67(105)32-33-68(100)106)102-71(108)54-24-11-45(35-56(54)73(102)110)74(79(93,94)95,80(96,97)98)44-10-23-53-55(34-44)72(109)101(70(53)107)48-14-28-63(59(38-48)77(87,88)89)113-51-19-4-41(5-20-51)40-2-15-49(16-3-40)111-61-26-12-46(36-57(61)75(81,82)83)99-65(103)30-31-66(99)104/h2-39,60H,1H3. The van der Waals surface area contributed by atoms with E-state index in [1.54, 1.807) is 0 Å². The number of allylic oxidation sites excluding steroid dienone is 1. The SMILES string of the molecule is CC1C(C(F)(F)F)=C(Oc2ccc(-c3ccc(Oc4ccc(N5C(=O)C=CC5=O)cc4C(F)(F)F)cc3)cc2)C=CC1N1C(=O)c2ccc(C(c3ccc4c(c3)C(=O)N(c3ccc(Oc5ccc(-c6ccc(Oc7ccc(N8C(=O)C=CC8=O)cc7C(F)(F)F)cc6)cc5)c(C(F)(F)F)c3)C4=O)(C(F)(F)F)C(F)(F)F)cc2C1=O. The highest BCUT2D eigenvalue weighted by Gasteiger charge is 2.73. The summed E-state index contributed by atoms with van der Waals surface area (Å²) in [5.41, 5.74) is -18.9. The first-order chi connectivity index (χ1) is 53.5. The van der Waals surface area contributed by atoms with Crippen LogP contribution in [-0.4, -0.2) is 76.7 Å². The van der Waals surface area contributed by atoms with E-state index in [9.17, 15) is 77.9 Å². The van der Waals surface area contributed by atoms with Gasteiger partial charge in [-0.15, -0.1) is 0 Å². The Hall–Kier alpha value is -13.6. The van der Waals surface area contributed by atoms with Crippen molar-refractivity contribution in [1.82, 2.24) is 4.90 Å². The number of nitrogens with zero attached hydrogens (tertiary/aromatic N) is 4. The summed E-state index contributed by atoms with van der Waals surface area (Å²) in [4.78, 5) is 106. The van der Waals surface area contributed by atoms with E-state index in [-0.39, 0.29) is 74.5 Å². The summed E-state index contributed by atoms with van der Waals surface area (Å²) in [7, 11) is 0. The third-order valence-electron chi connectivity index (χ3n) is 19.0. The summed E-state index contributed by atoms with van der Waals surface area (Å²) in [6, 6.07) is 27.1. The van der Waals surface area contributed by atoms with E-state index in [0.717, 1.165) is 73.7 Å². The molecule has 0 radical (unpaired) electrons. The number of ether oxygens (including phenoxy) is 4. The van der Waals surface area contributed by atoms with E-state index in [4.69, 9.17) is 18.9 Å². The molecular weight excluding hydrogens is 1550 g/mol. The summed E-state index contributed by atoms with van der Waals surface area (Å²) in [6.45, 7) is 0.899. The van der Waals surface area contributed by atoms with Crippen LogP contribution in [0.2, 0.25) is 0 Å². The van der Waals surface area contributed by atoms with Crippen LogP contribution in [0.15, 0.2) is 236 Å². The van der Waals surface area contributed by atoms with E-state index in [2.05, 4.69) is 0 Å². The molecule has 4 heterocycles. The molecule has 4 aliphatic heterocycles. The summed E-state index contributed by atoms with van der Waals surface area (Å²) in [5.74, 6) is -15.7. The third-order valence-corrected chi connectivity index (χ3v) is 19.0. The molecule has 1 aliphatic carbocycles. The average Bonchev–Trinajstić information content (AvgIpc) is 1.33. The first-order valence-corrected chi connectivity index (χ1v) is 33.1. The number of carbonyl (C=O) groups is 8. The number of halogens is 18. The predicted molar refractivity (Wildman–Crippen MR) is 365 cm³/mol. The smallest absolute Gasteiger partial charge is 0.420 e. The van der Waals surface area contributed by atoms with Crippen molar-refractivity contribution in [3.05, 3.63) is 286 Å². The molecule has 0 spiro atoms. The summed E-state index contributed by atoms with van der Waals surface area (Å²) < 4.78 is 293. The number of carbonyl (C=O) groups excluding carboxylic acids is 8. The second-order valence-electron chi connectivity index (χ2n) is 25.8. The van der Waals surface area contributed by atoms with Crippen LogP contribution in [0.5, 0.6) is 40.2 Å². The molecule has 0 fully saturated rings. The van der Waals surface area contributed by atoms with Crippen LogP contribution < -0.4 is 33.6 Å². The van der Waals surface area contributed by atoms with Crippen LogP contribution in [0.1, 0.15) is 76.2 Å². The largest absolute Gasteiger partial charge is 0.457 e. The second-order valence-corrected chi connectivity index (χ2v) is 25.8. The Morgan fingerprint density at radius 2 is 0.614 bits per heavy atom. The average molecular weight is 1590 g/mol. The van der Waals surface area contributed by atoms with Gasteiger partial charge in [-0.2, -0.15) is 79.0 Å². The number of fused-ring (bicyclic) bond motifs is 2. The fourth-order valence-corrected chi connectivity index (χ4v) is 13.7. The maximum atomic E-state index is 15.9. The Kier molecular flexibility index (Phi) is 18.8. The maximum Gasteiger partial charge on any atom is 0.420 e. The van der Waals surface area contributed by atoms with Gasteiger partial charge >= 0.3 is 37.1 Å². The van der Waals surface area contributed by atoms with Crippen molar-refractivity contribution in [2.75, 3.05) is 14.7 Å². The highest BCUT2D eigenvalue weighted by Crippen LogP contribution is 2.58. The molecule has 0 bridgehead atoms. The minimum atomic E-state index is -6.53. The molecule has 0 N–H and O–H groups in total. The molecule has 0 aromatic heterocycles. The zero-order chi connectivity index (χ0) is 82.0. The zero-order valence-corrected chi connectivity index (χ0v) is 57.0. The lowest BCUT2D eigenvalue weighted by atomic mass is 9.71. The number of alkyl halides is 18. The van der Waals surface area contributed by atoms with Crippen molar-refractivity contribution in [3.63, 3.8) is 0 Å². The van der Waals surface area contributed by atoms with Crippen molar-refractivity contribution in [2.24, 2.45) is 5.92 Å². The molecule has 580 valence electrons. The van der Waals surface area contributed by atoms with E-state index in [0.29, 0.717) is 62.4 Å². The first-order valence-electron chi connectivity index (χ1n) is 33.1. The molecule has 2 unspecified atom stereocenters. The molecular formula is C80H42F18N4O12. The molecule has 5 aliphatic rings. The minimum Gasteiger partial charge on any atom is -0.457 e. The van der Waals surface area contributed by atoms with Gasteiger partial charge in [0.05, 0.1) is 50.9 Å². The van der Waals surface area contributed by atoms with Gasteiger partial charge in [-0.05, 0) is 167 Å². The van der Waals surface area contributed by atoms with Crippen LogP contribution in [0.25, 0.3) is 22.3 Å². The Labute approximate surface area is 627 Å². The highest BCUT2D eigenvalue weighted by atomic mass is 19.4. The van der Waals surface area contributed by atoms with Gasteiger partial charge in [0.1, 0.15) is 62.7 Å². The van der Waals surface area contributed by atoms with Crippen LogP contribution in [-0.2, 0) is 43.1 Å². The van der Waals surface area contributed by atoms with Crippen LogP contribution in [0, 0.1) is 5.92 Å². The molecule has 8 amide bonds. The lowest BCUT2D eigenvalue weighted by Gasteiger charge is -2.38. The van der Waals surface area contributed by atoms with Gasteiger partial charge in [0.15, 0.2) is 0 Å².